The molecular weight excluding hydrogens is 254 g/mol. The van der Waals surface area contributed by atoms with Gasteiger partial charge in [0.2, 0.25) is 0 Å². The lowest BCUT2D eigenvalue weighted by Crippen LogP contribution is -2.57. The monoisotopic (exact) mass is 285 g/mol. The minimum Gasteiger partial charge on any atom is -0.468 e. The van der Waals surface area contributed by atoms with Gasteiger partial charge >= 0.3 is 5.97 Å². The summed E-state index contributed by atoms with van der Waals surface area (Å²) in [7, 11) is 3.64. The number of nitrogens with one attached hydrogen (secondary N) is 1. The maximum atomic E-state index is 12.0. The maximum Gasteiger partial charge on any atom is 0.325 e. The molecule has 0 spiro atoms. The van der Waals surface area contributed by atoms with E-state index < -0.39 is 5.54 Å². The van der Waals surface area contributed by atoms with Crippen molar-refractivity contribution in [1.29, 1.82) is 0 Å². The van der Waals surface area contributed by atoms with Crippen LogP contribution in [-0.4, -0.2) is 73.7 Å². The number of esters is 1. The summed E-state index contributed by atoms with van der Waals surface area (Å²) >= 11 is 0. The summed E-state index contributed by atoms with van der Waals surface area (Å²) in [4.78, 5) is 16.8. The van der Waals surface area contributed by atoms with Crippen LogP contribution in [0, 0.1) is 0 Å². The number of ether oxygens (including phenoxy) is 1. The van der Waals surface area contributed by atoms with Crippen LogP contribution < -0.4 is 5.32 Å². The van der Waals surface area contributed by atoms with Crippen LogP contribution in [0.4, 0.5) is 0 Å². The van der Waals surface area contributed by atoms with E-state index in [9.17, 15) is 4.79 Å². The number of hydrogen-bond donors (Lipinski definition) is 1. The summed E-state index contributed by atoms with van der Waals surface area (Å²) in [5, 5.41) is 3.27. The Morgan fingerprint density at radius 2 is 1.90 bits per heavy atom. The average Bonchev–Trinajstić information content (AvgIpc) is 2.41. The highest BCUT2D eigenvalue weighted by atomic mass is 16.5. The highest BCUT2D eigenvalue weighted by molar-refractivity contribution is 5.80. The van der Waals surface area contributed by atoms with E-state index in [0.717, 1.165) is 32.6 Å². The van der Waals surface area contributed by atoms with E-state index in [-0.39, 0.29) is 5.97 Å². The van der Waals surface area contributed by atoms with Crippen molar-refractivity contribution in [1.82, 2.24) is 15.1 Å². The van der Waals surface area contributed by atoms with Crippen LogP contribution in [0.1, 0.15) is 34.1 Å². The van der Waals surface area contributed by atoms with Crippen LogP contribution >= 0.6 is 0 Å². The molecule has 3 unspecified atom stereocenters. The Balaban J connectivity index is 2.57. The van der Waals surface area contributed by atoms with Crippen LogP contribution in [0.25, 0.3) is 0 Å². The molecule has 0 aromatic rings. The predicted octanol–water partition coefficient (Wildman–Crippen LogP) is 0.942. The largest absolute Gasteiger partial charge is 0.468 e. The van der Waals surface area contributed by atoms with Crippen molar-refractivity contribution in [3.05, 3.63) is 0 Å². The number of likely N-dealkylation sites (N-methyl/N-ethyl adjacent to an activating group) is 2. The number of carbonyl (C=O) groups excluding carboxylic acids is 1. The number of rotatable bonds is 6. The maximum absolute atomic E-state index is 12.0. The lowest BCUT2D eigenvalue weighted by atomic mass is 9.96. The van der Waals surface area contributed by atoms with Gasteiger partial charge in [-0.1, -0.05) is 6.92 Å². The highest BCUT2D eigenvalue weighted by Crippen LogP contribution is 2.17. The molecule has 20 heavy (non-hydrogen) atoms. The Bertz CT molecular complexity index is 312. The van der Waals surface area contributed by atoms with Gasteiger partial charge in [0.1, 0.15) is 5.54 Å². The van der Waals surface area contributed by atoms with Gasteiger partial charge in [-0.3, -0.25) is 9.69 Å². The Morgan fingerprint density at radius 1 is 1.35 bits per heavy atom. The molecule has 5 heteroatoms. The summed E-state index contributed by atoms with van der Waals surface area (Å²) in [6.07, 6.45) is 0.774. The topological polar surface area (TPSA) is 44.8 Å². The summed E-state index contributed by atoms with van der Waals surface area (Å²) < 4.78 is 4.94. The van der Waals surface area contributed by atoms with Gasteiger partial charge in [-0.15, -0.1) is 0 Å². The second-order valence-corrected chi connectivity index (χ2v) is 6.23. The van der Waals surface area contributed by atoms with Crippen LogP contribution in [-0.2, 0) is 9.53 Å². The molecule has 0 aromatic carbocycles. The molecule has 1 aliphatic heterocycles. The second kappa shape index (κ2) is 7.38. The molecule has 0 saturated carbocycles. The molecule has 0 amide bonds. The fraction of sp³-hybridized carbons (Fsp3) is 0.933. The molecule has 1 heterocycles. The molecule has 1 fully saturated rings. The standard InChI is InChI=1S/C15H31N3O2/c1-7-16-15(4,14(19)20-6)8-9-18-10-12(2)17(5)13(3)11-18/h12-13,16H,7-11H2,1-6H3. The molecule has 1 aliphatic rings. The van der Waals surface area contributed by atoms with Crippen molar-refractivity contribution in [3.8, 4) is 0 Å². The Labute approximate surface area is 123 Å². The Hall–Kier alpha value is -0.650. The van der Waals surface area contributed by atoms with Gasteiger partial charge in [0, 0.05) is 31.7 Å². The molecule has 118 valence electrons. The first-order valence-corrected chi connectivity index (χ1v) is 7.61. The Kier molecular flexibility index (Phi) is 6.43. The first-order chi connectivity index (χ1) is 9.34. The molecule has 0 aliphatic carbocycles. The van der Waals surface area contributed by atoms with E-state index in [1.807, 2.05) is 13.8 Å². The smallest absolute Gasteiger partial charge is 0.325 e. The van der Waals surface area contributed by atoms with Gasteiger partial charge < -0.3 is 15.0 Å². The number of methoxy groups -OCH3 is 1. The van der Waals surface area contributed by atoms with Gasteiger partial charge in [0.25, 0.3) is 0 Å². The first kappa shape index (κ1) is 17.4. The van der Waals surface area contributed by atoms with E-state index >= 15 is 0 Å². The van der Waals surface area contributed by atoms with Crippen molar-refractivity contribution in [2.24, 2.45) is 0 Å². The second-order valence-electron chi connectivity index (χ2n) is 6.23. The summed E-state index contributed by atoms with van der Waals surface area (Å²) in [5.41, 5.74) is -0.584. The zero-order valence-electron chi connectivity index (χ0n) is 13.9. The van der Waals surface area contributed by atoms with Crippen LogP contribution in [0.3, 0.4) is 0 Å². The fourth-order valence-corrected chi connectivity index (χ4v) is 2.96. The van der Waals surface area contributed by atoms with Crippen molar-refractivity contribution in [2.75, 3.05) is 40.3 Å². The number of piperazine rings is 1. The SMILES string of the molecule is CCNC(C)(CCN1CC(C)N(C)C(C)C1)C(=O)OC. The van der Waals surface area contributed by atoms with Crippen molar-refractivity contribution in [3.63, 3.8) is 0 Å². The first-order valence-electron chi connectivity index (χ1n) is 7.61. The highest BCUT2D eigenvalue weighted by Gasteiger charge is 2.35. The minimum atomic E-state index is -0.584. The molecular formula is C15H31N3O2. The van der Waals surface area contributed by atoms with E-state index in [1.165, 1.54) is 7.11 Å². The molecule has 0 radical (unpaired) electrons. The molecule has 1 N–H and O–H groups in total. The molecule has 0 aromatic heterocycles. The van der Waals surface area contributed by atoms with E-state index in [4.69, 9.17) is 4.74 Å². The van der Waals surface area contributed by atoms with Gasteiger partial charge in [-0.25, -0.2) is 0 Å². The summed E-state index contributed by atoms with van der Waals surface area (Å²) in [5.74, 6) is -0.172. The van der Waals surface area contributed by atoms with Gasteiger partial charge in [-0.05, 0) is 40.8 Å². The lowest BCUT2D eigenvalue weighted by molar-refractivity contribution is -0.148. The van der Waals surface area contributed by atoms with Gasteiger partial charge in [-0.2, -0.15) is 0 Å². The third-order valence-corrected chi connectivity index (χ3v) is 4.57. The lowest BCUT2D eigenvalue weighted by Gasteiger charge is -2.43. The zero-order chi connectivity index (χ0) is 15.3. The Morgan fingerprint density at radius 3 is 2.35 bits per heavy atom. The average molecular weight is 285 g/mol. The van der Waals surface area contributed by atoms with Crippen LogP contribution in [0.15, 0.2) is 0 Å². The zero-order valence-corrected chi connectivity index (χ0v) is 13.9. The fourth-order valence-electron chi connectivity index (χ4n) is 2.96. The number of nitrogens with zero attached hydrogens (tertiary/aromatic N) is 2. The number of hydrogen-bond acceptors (Lipinski definition) is 5. The number of carbonyl (C=O) groups is 1. The quantitative estimate of drug-likeness (QED) is 0.736. The van der Waals surface area contributed by atoms with Crippen LogP contribution in [0.2, 0.25) is 0 Å². The van der Waals surface area contributed by atoms with Crippen LogP contribution in [0.5, 0.6) is 0 Å². The molecule has 1 saturated heterocycles. The van der Waals surface area contributed by atoms with E-state index in [2.05, 4.69) is 36.0 Å². The predicted molar refractivity (Wildman–Crippen MR) is 81.8 cm³/mol. The minimum absolute atomic E-state index is 0.172. The normalized spacial score (nSPS) is 28.1. The van der Waals surface area contributed by atoms with Gasteiger partial charge in [0.05, 0.1) is 7.11 Å². The van der Waals surface area contributed by atoms with Gasteiger partial charge in [0.15, 0.2) is 0 Å². The molecule has 5 nitrogen and oxygen atoms in total. The third-order valence-electron chi connectivity index (χ3n) is 4.57. The summed E-state index contributed by atoms with van der Waals surface area (Å²) in [6, 6.07) is 1.12. The third kappa shape index (κ3) is 4.17. The van der Waals surface area contributed by atoms with Crippen molar-refractivity contribution >= 4 is 5.97 Å². The van der Waals surface area contributed by atoms with Crippen molar-refractivity contribution in [2.45, 2.75) is 51.7 Å². The van der Waals surface area contributed by atoms with E-state index in [0.29, 0.717) is 12.1 Å². The summed E-state index contributed by atoms with van der Waals surface area (Å²) in [6.45, 7) is 12.3. The van der Waals surface area contributed by atoms with E-state index in [1.54, 1.807) is 0 Å². The molecule has 1 rings (SSSR count). The molecule has 0 bridgehead atoms. The molecule has 3 atom stereocenters. The van der Waals surface area contributed by atoms with Crippen molar-refractivity contribution < 1.29 is 9.53 Å².